The maximum absolute atomic E-state index is 12.9. The number of hydrogen-bond acceptors (Lipinski definition) is 3. The predicted molar refractivity (Wildman–Crippen MR) is 83.0 cm³/mol. The van der Waals surface area contributed by atoms with Crippen molar-refractivity contribution in [1.82, 2.24) is 4.31 Å². The van der Waals surface area contributed by atoms with E-state index in [9.17, 15) is 26.4 Å². The first-order valence-corrected chi connectivity index (χ1v) is 8.91. The summed E-state index contributed by atoms with van der Waals surface area (Å²) >= 11 is 0. The minimum absolute atomic E-state index is 0.0543. The minimum Gasteiger partial charge on any atom is -0.326 e. The lowest BCUT2D eigenvalue weighted by atomic mass is 9.99. The molecule has 1 saturated heterocycles. The fourth-order valence-electron chi connectivity index (χ4n) is 2.73. The molecule has 1 atom stereocenters. The van der Waals surface area contributed by atoms with Crippen LogP contribution in [0.1, 0.15) is 25.3 Å². The van der Waals surface area contributed by atoms with E-state index in [0.717, 1.165) is 4.31 Å². The van der Waals surface area contributed by atoms with E-state index in [1.165, 1.54) is 19.1 Å². The van der Waals surface area contributed by atoms with E-state index in [1.54, 1.807) is 13.0 Å². The fourth-order valence-corrected chi connectivity index (χ4v) is 4.50. The quantitative estimate of drug-likeness (QED) is 0.897. The van der Waals surface area contributed by atoms with E-state index in [-0.39, 0.29) is 35.9 Å². The van der Waals surface area contributed by atoms with Crippen molar-refractivity contribution in [2.24, 2.45) is 5.92 Å². The SMILES string of the molecule is CC(=O)Nc1ccc(C)c(S(=O)(=O)N2CCC[C@@H](C(F)(F)F)C2)c1. The summed E-state index contributed by atoms with van der Waals surface area (Å²) in [5.74, 6) is -2.02. The monoisotopic (exact) mass is 364 g/mol. The van der Waals surface area contributed by atoms with Crippen LogP contribution in [-0.2, 0) is 14.8 Å². The number of anilines is 1. The third kappa shape index (κ3) is 4.07. The molecule has 0 radical (unpaired) electrons. The summed E-state index contributed by atoms with van der Waals surface area (Å²) in [6.07, 6.45) is -4.32. The number of piperidine rings is 1. The van der Waals surface area contributed by atoms with Crippen LogP contribution < -0.4 is 5.32 Å². The Kier molecular flexibility index (Phi) is 5.24. The largest absolute Gasteiger partial charge is 0.393 e. The first-order valence-electron chi connectivity index (χ1n) is 7.47. The lowest BCUT2D eigenvalue weighted by Crippen LogP contribution is -2.44. The van der Waals surface area contributed by atoms with Gasteiger partial charge in [0.05, 0.1) is 10.8 Å². The zero-order valence-corrected chi connectivity index (χ0v) is 14.2. The number of rotatable bonds is 3. The Balaban J connectivity index is 2.34. The topological polar surface area (TPSA) is 66.5 Å². The molecule has 1 fully saturated rings. The van der Waals surface area contributed by atoms with E-state index < -0.39 is 28.7 Å². The van der Waals surface area contributed by atoms with Crippen LogP contribution in [0.4, 0.5) is 18.9 Å². The van der Waals surface area contributed by atoms with Crippen LogP contribution in [0.2, 0.25) is 0 Å². The average molecular weight is 364 g/mol. The number of carbonyl (C=O) groups excluding carboxylic acids is 1. The van der Waals surface area contributed by atoms with Gasteiger partial charge < -0.3 is 5.32 Å². The maximum atomic E-state index is 12.9. The first kappa shape index (κ1) is 18.7. The van der Waals surface area contributed by atoms with Gasteiger partial charge in [-0.3, -0.25) is 4.79 Å². The molecule has 24 heavy (non-hydrogen) atoms. The van der Waals surface area contributed by atoms with Gasteiger partial charge in [0.15, 0.2) is 0 Å². The highest BCUT2D eigenvalue weighted by Gasteiger charge is 2.44. The van der Waals surface area contributed by atoms with E-state index in [2.05, 4.69) is 5.32 Å². The molecule has 1 amide bonds. The highest BCUT2D eigenvalue weighted by molar-refractivity contribution is 7.89. The van der Waals surface area contributed by atoms with E-state index in [0.29, 0.717) is 5.56 Å². The van der Waals surface area contributed by atoms with Gasteiger partial charge in [0.25, 0.3) is 0 Å². The number of nitrogens with one attached hydrogen (secondary N) is 1. The number of halogens is 3. The third-order valence-electron chi connectivity index (χ3n) is 3.97. The molecule has 0 aromatic heterocycles. The van der Waals surface area contributed by atoms with Gasteiger partial charge in [-0.15, -0.1) is 0 Å². The Morgan fingerprint density at radius 3 is 2.58 bits per heavy atom. The maximum Gasteiger partial charge on any atom is 0.393 e. The van der Waals surface area contributed by atoms with Crippen LogP contribution in [0.5, 0.6) is 0 Å². The molecular formula is C15H19F3N2O3S. The highest BCUT2D eigenvalue weighted by atomic mass is 32.2. The molecule has 2 rings (SSSR count). The number of carbonyl (C=O) groups is 1. The smallest absolute Gasteiger partial charge is 0.326 e. The molecule has 5 nitrogen and oxygen atoms in total. The Labute approximate surface area is 138 Å². The number of alkyl halides is 3. The van der Waals surface area contributed by atoms with Crippen molar-refractivity contribution in [3.05, 3.63) is 23.8 Å². The summed E-state index contributed by atoms with van der Waals surface area (Å²) in [4.78, 5) is 11.0. The van der Waals surface area contributed by atoms with Crippen LogP contribution in [0.25, 0.3) is 0 Å². The van der Waals surface area contributed by atoms with E-state index in [1.807, 2.05) is 0 Å². The zero-order chi connectivity index (χ0) is 18.1. The minimum atomic E-state index is -4.42. The lowest BCUT2D eigenvalue weighted by Gasteiger charge is -2.33. The molecule has 0 bridgehead atoms. The van der Waals surface area contributed by atoms with E-state index >= 15 is 0 Å². The Hall–Kier alpha value is -1.61. The second kappa shape index (κ2) is 6.72. The molecule has 0 saturated carbocycles. The summed E-state index contributed by atoms with van der Waals surface area (Å²) in [6.45, 7) is 2.33. The van der Waals surface area contributed by atoms with Crippen LogP contribution >= 0.6 is 0 Å². The summed E-state index contributed by atoms with van der Waals surface area (Å²) in [5.41, 5.74) is 0.703. The molecule has 0 aliphatic carbocycles. The first-order chi connectivity index (χ1) is 11.0. The van der Waals surface area contributed by atoms with Gasteiger partial charge >= 0.3 is 6.18 Å². The third-order valence-corrected chi connectivity index (χ3v) is 5.98. The summed E-state index contributed by atoms with van der Waals surface area (Å²) in [6, 6.07) is 4.34. The second-order valence-corrected chi connectivity index (χ2v) is 7.81. The lowest BCUT2D eigenvalue weighted by molar-refractivity contribution is -0.182. The van der Waals surface area contributed by atoms with Crippen molar-refractivity contribution in [2.45, 2.75) is 37.8 Å². The molecule has 1 N–H and O–H groups in total. The molecule has 1 heterocycles. The normalized spacial score (nSPS) is 20.0. The average Bonchev–Trinajstić information content (AvgIpc) is 2.48. The summed E-state index contributed by atoms with van der Waals surface area (Å²) in [5, 5.41) is 2.48. The van der Waals surface area contributed by atoms with Crippen molar-refractivity contribution in [3.63, 3.8) is 0 Å². The van der Waals surface area contributed by atoms with E-state index in [4.69, 9.17) is 0 Å². The second-order valence-electron chi connectivity index (χ2n) is 5.91. The van der Waals surface area contributed by atoms with Gasteiger partial charge in [0.2, 0.25) is 15.9 Å². The molecule has 1 aromatic rings. The summed E-state index contributed by atoms with van der Waals surface area (Å²) in [7, 11) is -4.06. The molecule has 1 aromatic carbocycles. The predicted octanol–water partition coefficient (Wildman–Crippen LogP) is 2.92. The van der Waals surface area contributed by atoms with Gasteiger partial charge in [0, 0.05) is 25.7 Å². The molecular weight excluding hydrogens is 345 g/mol. The van der Waals surface area contributed by atoms with Crippen molar-refractivity contribution < 1.29 is 26.4 Å². The van der Waals surface area contributed by atoms with Gasteiger partial charge in [-0.2, -0.15) is 17.5 Å². The van der Waals surface area contributed by atoms with Crippen LogP contribution in [0.15, 0.2) is 23.1 Å². The number of hydrogen-bond donors (Lipinski definition) is 1. The number of sulfonamides is 1. The molecule has 0 unspecified atom stereocenters. The fraction of sp³-hybridized carbons (Fsp3) is 0.533. The number of benzene rings is 1. The van der Waals surface area contributed by atoms with Crippen molar-refractivity contribution in [2.75, 3.05) is 18.4 Å². The standard InChI is InChI=1S/C15H19F3N2O3S/c1-10-5-6-13(19-11(2)21)8-14(10)24(22,23)20-7-3-4-12(9-20)15(16,17)18/h5-6,8,12H,3-4,7,9H2,1-2H3,(H,19,21)/t12-/m1/s1. The number of aryl methyl sites for hydroxylation is 1. The van der Waals surface area contributed by atoms with Crippen molar-refractivity contribution in [3.8, 4) is 0 Å². The zero-order valence-electron chi connectivity index (χ0n) is 13.4. The van der Waals surface area contributed by atoms with Gasteiger partial charge in [-0.1, -0.05) is 6.07 Å². The molecule has 1 aliphatic rings. The van der Waals surface area contributed by atoms with Gasteiger partial charge in [-0.05, 0) is 37.5 Å². The molecule has 1 aliphatic heterocycles. The van der Waals surface area contributed by atoms with Crippen LogP contribution in [-0.4, -0.2) is 37.9 Å². The number of nitrogens with zero attached hydrogens (tertiary/aromatic N) is 1. The van der Waals surface area contributed by atoms with Crippen LogP contribution in [0.3, 0.4) is 0 Å². The Morgan fingerprint density at radius 1 is 1.33 bits per heavy atom. The number of amides is 1. The van der Waals surface area contributed by atoms with Crippen LogP contribution in [0, 0.1) is 12.8 Å². The Morgan fingerprint density at radius 2 is 2.00 bits per heavy atom. The summed E-state index contributed by atoms with van der Waals surface area (Å²) < 4.78 is 65.2. The molecule has 9 heteroatoms. The van der Waals surface area contributed by atoms with Gasteiger partial charge in [0.1, 0.15) is 0 Å². The highest BCUT2D eigenvalue weighted by Crippen LogP contribution is 2.35. The van der Waals surface area contributed by atoms with Crippen molar-refractivity contribution >= 4 is 21.6 Å². The molecule has 0 spiro atoms. The Bertz CT molecular complexity index is 732. The van der Waals surface area contributed by atoms with Crippen molar-refractivity contribution in [1.29, 1.82) is 0 Å². The molecule has 134 valence electrons. The van der Waals surface area contributed by atoms with Gasteiger partial charge in [-0.25, -0.2) is 8.42 Å².